The van der Waals surface area contributed by atoms with Crippen LogP contribution in [0.15, 0.2) is 83.0 Å². The van der Waals surface area contributed by atoms with E-state index < -0.39 is 20.0 Å². The molecule has 2 aromatic carbocycles. The lowest BCUT2D eigenvalue weighted by molar-refractivity contribution is -0.145. The summed E-state index contributed by atoms with van der Waals surface area (Å²) in [7, 11) is -2.90. The van der Waals surface area contributed by atoms with Gasteiger partial charge in [-0.2, -0.15) is 9.78 Å². The smallest absolute Gasteiger partial charge is 0.279 e. The fourth-order valence-electron chi connectivity index (χ4n) is 7.80. The Morgan fingerprint density at radius 1 is 1.10 bits per heavy atom. The number of nitrogens with zero attached hydrogens (tertiary/aromatic N) is 6. The van der Waals surface area contributed by atoms with Crippen LogP contribution in [-0.4, -0.2) is 68.2 Å². The maximum absolute atomic E-state index is 14.9. The number of amides is 1. The summed E-state index contributed by atoms with van der Waals surface area (Å²) in [4.78, 5) is 42.1. The number of hydrogen-bond donors (Lipinski definition) is 2. The van der Waals surface area contributed by atoms with E-state index in [9.17, 15) is 19.5 Å². The van der Waals surface area contributed by atoms with E-state index in [0.717, 1.165) is 23.9 Å². The molecule has 4 atom stereocenters. The van der Waals surface area contributed by atoms with Gasteiger partial charge < -0.3 is 19.5 Å². The Kier molecular flexibility index (Phi) is 10.1. The molecule has 0 bridgehead atoms. The number of carbonyl (C=O) groups excluding carboxylic acids is 1. The summed E-state index contributed by atoms with van der Waals surface area (Å²) < 4.78 is 10.1. The average Bonchev–Trinajstić information content (AvgIpc) is 3.72. The highest BCUT2D eigenvalue weighted by atomic mass is 28.4. The molecule has 2 aromatic heterocycles. The number of hydrogen-bond acceptors (Lipinski definition) is 8. The molecule has 12 heteroatoms. The van der Waals surface area contributed by atoms with Gasteiger partial charge in [0.25, 0.3) is 11.5 Å². The van der Waals surface area contributed by atoms with Crippen LogP contribution in [0.3, 0.4) is 0 Å². The predicted octanol–water partition coefficient (Wildman–Crippen LogP) is 5.44. The number of aliphatic hydroxyl groups excluding tert-OH is 1. The predicted molar refractivity (Wildman–Crippen MR) is 197 cm³/mol. The van der Waals surface area contributed by atoms with Gasteiger partial charge in [0.1, 0.15) is 0 Å². The molecule has 0 saturated carbocycles. The van der Waals surface area contributed by atoms with Crippen LogP contribution in [-0.2, 0) is 28.1 Å². The molecule has 50 heavy (non-hydrogen) atoms. The SMILES string of the molecule is CC(C)=CCC/C(C)=C/CN1C(=O)[C@]2(O[C@H](CCn3cc(CCO)nn3)[C@@H]([Si](C)(C)O)[C@@H]2C)c2cc(-n3ncc4ccccc4c3=O)ccc21. The number of ether oxygens (including phenoxy) is 1. The Hall–Kier alpha value is -4.23. The van der Waals surface area contributed by atoms with Crippen molar-refractivity contribution in [2.75, 3.05) is 18.1 Å². The standard InChI is InChI=1S/C38H48N6O5Si/c1-25(2)10-9-11-26(3)16-20-43-33-15-14-30(44-36(46)31-13-8-7-12-28(31)23-39-44)22-32(33)38(37(43)47)27(4)35(50(5,6)48)34(49-38)17-19-42-24-29(18-21-45)40-41-42/h7-8,10,12-16,22-24,27,34-35,45,48H,9,11,17-21H2,1-6H3/b26-16+/t27-,34+,35-,38+/m0/s1. The highest BCUT2D eigenvalue weighted by Gasteiger charge is 2.66. The van der Waals surface area contributed by atoms with Crippen LogP contribution >= 0.6 is 0 Å². The molecule has 6 rings (SSSR count). The van der Waals surface area contributed by atoms with Crippen molar-refractivity contribution in [3.8, 4) is 5.69 Å². The molecule has 1 fully saturated rings. The summed E-state index contributed by atoms with van der Waals surface area (Å²) in [5.41, 5.74) is 3.22. The normalized spacial score (nSPS) is 22.2. The van der Waals surface area contributed by atoms with E-state index in [4.69, 9.17) is 4.74 Å². The van der Waals surface area contributed by atoms with Gasteiger partial charge in [-0.05, 0) is 77.4 Å². The second-order valence-electron chi connectivity index (χ2n) is 14.5. The number of aryl methyl sites for hydroxylation is 1. The minimum Gasteiger partial charge on any atom is -0.432 e. The maximum atomic E-state index is 14.9. The van der Waals surface area contributed by atoms with Crippen molar-refractivity contribution >= 4 is 30.7 Å². The van der Waals surface area contributed by atoms with Crippen LogP contribution in [0, 0.1) is 5.92 Å². The Bertz CT molecular complexity index is 2010. The molecule has 1 spiro atoms. The van der Waals surface area contributed by atoms with Gasteiger partial charge in [0, 0.05) is 54.7 Å². The molecular weight excluding hydrogens is 649 g/mol. The van der Waals surface area contributed by atoms with E-state index in [1.165, 1.54) is 15.8 Å². The third kappa shape index (κ3) is 6.64. The minimum absolute atomic E-state index is 0.0120. The molecule has 4 heterocycles. The quantitative estimate of drug-likeness (QED) is 0.148. The van der Waals surface area contributed by atoms with Gasteiger partial charge in [-0.1, -0.05) is 53.6 Å². The molecule has 11 nitrogen and oxygen atoms in total. The number of benzene rings is 2. The van der Waals surface area contributed by atoms with Crippen molar-refractivity contribution in [1.29, 1.82) is 0 Å². The zero-order valence-electron chi connectivity index (χ0n) is 29.8. The van der Waals surface area contributed by atoms with E-state index >= 15 is 0 Å². The Morgan fingerprint density at radius 2 is 1.88 bits per heavy atom. The highest BCUT2D eigenvalue weighted by molar-refractivity contribution is 6.71. The van der Waals surface area contributed by atoms with Gasteiger partial charge in [-0.25, -0.2) is 0 Å². The van der Waals surface area contributed by atoms with Crippen LogP contribution in [0.1, 0.15) is 58.2 Å². The van der Waals surface area contributed by atoms with E-state index in [0.29, 0.717) is 48.3 Å². The van der Waals surface area contributed by atoms with Crippen molar-refractivity contribution < 1.29 is 19.4 Å². The fourth-order valence-corrected chi connectivity index (χ4v) is 10.4. The number of rotatable bonds is 12. The van der Waals surface area contributed by atoms with Gasteiger partial charge in [0.05, 0.1) is 34.8 Å². The van der Waals surface area contributed by atoms with Gasteiger partial charge in [-0.3, -0.25) is 14.3 Å². The summed E-state index contributed by atoms with van der Waals surface area (Å²) in [5.74, 6) is -0.531. The van der Waals surface area contributed by atoms with Crippen LogP contribution in [0.25, 0.3) is 16.5 Å². The Labute approximate surface area is 294 Å². The second kappa shape index (κ2) is 14.2. The number of anilines is 1. The first-order valence-electron chi connectivity index (χ1n) is 17.5. The average molecular weight is 697 g/mol. The van der Waals surface area contributed by atoms with Crippen LogP contribution in [0.2, 0.25) is 18.6 Å². The summed E-state index contributed by atoms with van der Waals surface area (Å²) in [6, 6.07) is 13.0. The third-order valence-corrected chi connectivity index (χ3v) is 12.7. The largest absolute Gasteiger partial charge is 0.432 e. The molecule has 4 aromatic rings. The minimum atomic E-state index is -2.90. The first-order valence-corrected chi connectivity index (χ1v) is 20.5. The number of aliphatic hydroxyl groups is 1. The number of allylic oxidation sites excluding steroid dienone is 3. The molecule has 2 aliphatic heterocycles. The molecule has 2 aliphatic rings. The number of aromatic nitrogens is 5. The van der Waals surface area contributed by atoms with Crippen molar-refractivity contribution in [1.82, 2.24) is 24.8 Å². The molecule has 1 amide bonds. The van der Waals surface area contributed by atoms with E-state index in [2.05, 4.69) is 48.3 Å². The van der Waals surface area contributed by atoms with Crippen LogP contribution < -0.4 is 10.5 Å². The third-order valence-electron chi connectivity index (χ3n) is 10.2. The Balaban J connectivity index is 1.42. The molecule has 2 N–H and O–H groups in total. The van der Waals surface area contributed by atoms with Crippen LogP contribution in [0.4, 0.5) is 5.69 Å². The second-order valence-corrected chi connectivity index (χ2v) is 18.5. The summed E-state index contributed by atoms with van der Waals surface area (Å²) >= 11 is 0. The zero-order chi connectivity index (χ0) is 35.8. The van der Waals surface area contributed by atoms with Crippen molar-refractivity contribution in [2.24, 2.45) is 5.92 Å². The molecule has 0 unspecified atom stereocenters. The van der Waals surface area contributed by atoms with Gasteiger partial charge in [0.15, 0.2) is 13.9 Å². The van der Waals surface area contributed by atoms with E-state index in [1.54, 1.807) is 21.8 Å². The summed E-state index contributed by atoms with van der Waals surface area (Å²) in [6.45, 7) is 12.9. The molecule has 0 radical (unpaired) electrons. The zero-order valence-corrected chi connectivity index (χ0v) is 30.8. The topological polar surface area (TPSA) is 136 Å². The molecule has 1 saturated heterocycles. The lowest BCUT2D eigenvalue weighted by Gasteiger charge is -2.32. The van der Waals surface area contributed by atoms with Crippen molar-refractivity contribution in [3.63, 3.8) is 0 Å². The van der Waals surface area contributed by atoms with Crippen molar-refractivity contribution in [2.45, 2.75) is 90.3 Å². The van der Waals surface area contributed by atoms with Gasteiger partial charge in [0.2, 0.25) is 0 Å². The monoisotopic (exact) mass is 696 g/mol. The highest BCUT2D eigenvalue weighted by Crippen LogP contribution is 2.59. The van der Waals surface area contributed by atoms with E-state index in [1.807, 2.05) is 62.6 Å². The lowest BCUT2D eigenvalue weighted by Crippen LogP contribution is -2.46. The number of carbonyl (C=O) groups is 1. The van der Waals surface area contributed by atoms with Crippen LogP contribution in [0.5, 0.6) is 0 Å². The first-order chi connectivity index (χ1) is 23.8. The summed E-state index contributed by atoms with van der Waals surface area (Å²) in [6.07, 6.45) is 10.1. The molecule has 264 valence electrons. The Morgan fingerprint density at radius 3 is 2.62 bits per heavy atom. The van der Waals surface area contributed by atoms with Gasteiger partial charge >= 0.3 is 0 Å². The lowest BCUT2D eigenvalue weighted by atomic mass is 9.82. The molecular formula is C38H48N6O5Si. The van der Waals surface area contributed by atoms with E-state index in [-0.39, 0.29) is 29.5 Å². The van der Waals surface area contributed by atoms with Gasteiger partial charge in [-0.15, -0.1) is 5.10 Å². The maximum Gasteiger partial charge on any atom is 0.279 e. The molecule has 0 aliphatic carbocycles. The number of fused-ring (bicyclic) bond motifs is 3. The first kappa shape index (κ1) is 35.6. The summed E-state index contributed by atoms with van der Waals surface area (Å²) in [5, 5.41) is 23.5. The van der Waals surface area contributed by atoms with Crippen molar-refractivity contribution in [3.05, 3.63) is 99.8 Å². The fraction of sp³-hybridized carbons (Fsp3) is 0.447.